The number of imidazole rings is 1. The van der Waals surface area contributed by atoms with Gasteiger partial charge < -0.3 is 29.5 Å². The molecule has 5 N–H and O–H groups in total. The summed E-state index contributed by atoms with van der Waals surface area (Å²) in [4.78, 5) is 49.8. The molecule has 0 amide bonds. The van der Waals surface area contributed by atoms with Gasteiger partial charge in [-0.1, -0.05) is 20.3 Å². The zero-order valence-corrected chi connectivity index (χ0v) is 18.8. The van der Waals surface area contributed by atoms with E-state index < -0.39 is 34.3 Å². The van der Waals surface area contributed by atoms with Crippen molar-refractivity contribution in [1.29, 1.82) is 0 Å². The molecule has 0 radical (unpaired) electrons. The predicted molar refractivity (Wildman–Crippen MR) is 107 cm³/mol. The van der Waals surface area contributed by atoms with Crippen LogP contribution >= 0.6 is 15.6 Å². The van der Waals surface area contributed by atoms with Gasteiger partial charge in [0.05, 0.1) is 25.6 Å². The number of aromatic nitrogens is 4. The van der Waals surface area contributed by atoms with Crippen LogP contribution in [-0.4, -0.2) is 58.9 Å². The first-order chi connectivity index (χ1) is 13.8. The molecule has 0 aliphatic carbocycles. The van der Waals surface area contributed by atoms with Crippen LogP contribution in [0.3, 0.4) is 0 Å². The lowest BCUT2D eigenvalue weighted by Crippen LogP contribution is -2.35. The molecule has 15 heteroatoms. The van der Waals surface area contributed by atoms with Crippen molar-refractivity contribution in [2.45, 2.75) is 39.8 Å². The van der Waals surface area contributed by atoms with Gasteiger partial charge in [-0.25, -0.2) is 24.1 Å². The van der Waals surface area contributed by atoms with Crippen molar-refractivity contribution in [2.75, 3.05) is 19.0 Å². The fraction of sp³-hybridized carbons (Fsp3) is 0.667. The number of phosphoric acid groups is 2. The highest BCUT2D eigenvalue weighted by Crippen LogP contribution is 2.43. The molecule has 2 rings (SSSR count). The predicted octanol–water partition coefficient (Wildman–Crippen LogP) is 1.43. The Bertz CT molecular complexity index is 958. The van der Waals surface area contributed by atoms with Gasteiger partial charge in [0.15, 0.2) is 11.5 Å². The summed E-state index contributed by atoms with van der Waals surface area (Å²) in [5, 5.41) is 2.91. The van der Waals surface area contributed by atoms with Crippen molar-refractivity contribution in [2.24, 2.45) is 11.8 Å². The molecule has 30 heavy (non-hydrogen) atoms. The normalized spacial score (nSPS) is 15.9. The number of rotatable bonds is 11. The lowest BCUT2D eigenvalue weighted by Gasteiger charge is -2.31. The molecular formula is C15H27N5O8P2. The maximum Gasteiger partial charge on any atom is 0.469 e. The summed E-state index contributed by atoms with van der Waals surface area (Å²) in [5.41, 5.74) is 0.884. The fourth-order valence-electron chi connectivity index (χ4n) is 3.10. The smallest absolute Gasteiger partial charge is 0.371 e. The minimum absolute atomic E-state index is 0.0826. The molecule has 3 atom stereocenters. The fourth-order valence-corrected chi connectivity index (χ4v) is 4.04. The molecule has 13 nitrogen and oxygen atoms in total. The topological polar surface area (TPSA) is 189 Å². The molecule has 170 valence electrons. The Morgan fingerprint density at radius 2 is 1.87 bits per heavy atom. The summed E-state index contributed by atoms with van der Waals surface area (Å²) in [5.74, 6) is -0.0112. The van der Waals surface area contributed by atoms with Crippen LogP contribution in [0.25, 0.3) is 11.2 Å². The molecule has 0 unspecified atom stereocenters. The summed E-state index contributed by atoms with van der Waals surface area (Å²) >= 11 is 0. The summed E-state index contributed by atoms with van der Waals surface area (Å²) in [6.45, 7) is 4.78. The SMILES string of the molecule is CC[C@H](C)[C@H](COP(=O)(O)O)[C@H](Cn1cnc2c(NC)nc(C)nc21)OP(=O)(O)O. The first-order valence-corrected chi connectivity index (χ1v) is 12.2. The maximum atomic E-state index is 11.6. The first-order valence-electron chi connectivity index (χ1n) is 9.15. The number of nitrogens with one attached hydrogen (secondary N) is 1. The van der Waals surface area contributed by atoms with Gasteiger partial charge >= 0.3 is 15.6 Å². The number of nitrogens with zero attached hydrogens (tertiary/aromatic N) is 4. The van der Waals surface area contributed by atoms with Gasteiger partial charge in [-0.3, -0.25) is 9.05 Å². The highest BCUT2D eigenvalue weighted by atomic mass is 31.2. The Labute approximate surface area is 173 Å². The Balaban J connectivity index is 2.45. The van der Waals surface area contributed by atoms with E-state index in [1.165, 1.54) is 6.33 Å². The average molecular weight is 467 g/mol. The van der Waals surface area contributed by atoms with Gasteiger partial charge in [0.25, 0.3) is 0 Å². The molecule has 0 saturated carbocycles. The molecule has 0 bridgehead atoms. The summed E-state index contributed by atoms with van der Waals surface area (Å²) < 4.78 is 34.0. The number of anilines is 1. The van der Waals surface area contributed by atoms with Gasteiger partial charge in [-0.15, -0.1) is 0 Å². The van der Waals surface area contributed by atoms with Crippen molar-refractivity contribution in [3.63, 3.8) is 0 Å². The van der Waals surface area contributed by atoms with E-state index in [0.717, 1.165) is 0 Å². The first kappa shape index (κ1) is 24.8. The van der Waals surface area contributed by atoms with E-state index in [-0.39, 0.29) is 12.5 Å². The van der Waals surface area contributed by atoms with Crippen LogP contribution in [0, 0.1) is 18.8 Å². The number of aryl methyl sites for hydroxylation is 1. The monoisotopic (exact) mass is 467 g/mol. The zero-order chi connectivity index (χ0) is 22.7. The van der Waals surface area contributed by atoms with E-state index in [1.54, 1.807) is 25.5 Å². The van der Waals surface area contributed by atoms with Crippen LogP contribution in [0.1, 0.15) is 26.1 Å². The standard InChI is InChI=1S/C15H27N5O8P2/c1-5-9(2)11(7-27-29(21,22)23)12(28-30(24,25)26)6-20-8-17-13-14(16-4)18-10(3)19-15(13)20/h8-9,11-12H,5-7H2,1-4H3,(H,16,18,19)(H2,21,22,23)(H2,24,25,26)/t9-,11-,12-/m0/s1. The van der Waals surface area contributed by atoms with E-state index >= 15 is 0 Å². The molecule has 2 aromatic rings. The van der Waals surface area contributed by atoms with Crippen molar-refractivity contribution in [3.05, 3.63) is 12.2 Å². The minimum atomic E-state index is -4.92. The van der Waals surface area contributed by atoms with E-state index in [4.69, 9.17) is 14.3 Å². The largest absolute Gasteiger partial charge is 0.469 e. The van der Waals surface area contributed by atoms with Crippen molar-refractivity contribution >= 4 is 32.6 Å². The summed E-state index contributed by atoms with van der Waals surface area (Å²) in [7, 11) is -8.03. The van der Waals surface area contributed by atoms with Crippen molar-refractivity contribution in [3.8, 4) is 0 Å². The second kappa shape index (κ2) is 9.80. The number of hydrogen-bond donors (Lipinski definition) is 5. The van der Waals surface area contributed by atoms with E-state index in [2.05, 4.69) is 24.8 Å². The molecule has 0 aliphatic rings. The lowest BCUT2D eigenvalue weighted by atomic mass is 9.87. The van der Waals surface area contributed by atoms with E-state index in [9.17, 15) is 18.9 Å². The Kier molecular flexibility index (Phi) is 8.11. The highest BCUT2D eigenvalue weighted by Gasteiger charge is 2.35. The summed E-state index contributed by atoms with van der Waals surface area (Å²) in [6, 6.07) is 0. The lowest BCUT2D eigenvalue weighted by molar-refractivity contribution is 0.0220. The van der Waals surface area contributed by atoms with Gasteiger partial charge in [-0.2, -0.15) is 0 Å². The van der Waals surface area contributed by atoms with E-state index in [1.807, 2.05) is 6.92 Å². The summed E-state index contributed by atoms with van der Waals surface area (Å²) in [6.07, 6.45) is 0.859. The number of fused-ring (bicyclic) bond motifs is 1. The second-order valence-electron chi connectivity index (χ2n) is 6.91. The van der Waals surface area contributed by atoms with Crippen LogP contribution < -0.4 is 5.32 Å². The molecule has 0 spiro atoms. The Hall–Kier alpha value is -1.43. The van der Waals surface area contributed by atoms with Gasteiger partial charge in [-0.05, 0) is 12.8 Å². The quantitative estimate of drug-likeness (QED) is 0.299. The van der Waals surface area contributed by atoms with Gasteiger partial charge in [0.1, 0.15) is 11.3 Å². The van der Waals surface area contributed by atoms with Gasteiger partial charge in [0, 0.05) is 13.0 Å². The molecule has 0 fully saturated rings. The molecule has 2 aromatic heterocycles. The molecule has 2 heterocycles. The maximum absolute atomic E-state index is 11.6. The Morgan fingerprint density at radius 1 is 1.20 bits per heavy atom. The number of hydrogen-bond acceptors (Lipinski definition) is 8. The molecule has 0 saturated heterocycles. The van der Waals surface area contributed by atoms with Crippen LogP contribution in [0.5, 0.6) is 0 Å². The van der Waals surface area contributed by atoms with Crippen LogP contribution in [0.2, 0.25) is 0 Å². The van der Waals surface area contributed by atoms with Gasteiger partial charge in [0.2, 0.25) is 0 Å². The molecular weight excluding hydrogens is 440 g/mol. The van der Waals surface area contributed by atoms with Crippen LogP contribution in [0.4, 0.5) is 5.82 Å². The van der Waals surface area contributed by atoms with Crippen LogP contribution in [0.15, 0.2) is 6.33 Å². The highest BCUT2D eigenvalue weighted by molar-refractivity contribution is 7.46. The third kappa shape index (κ3) is 6.79. The third-order valence-electron chi connectivity index (χ3n) is 4.75. The Morgan fingerprint density at radius 3 is 2.40 bits per heavy atom. The minimum Gasteiger partial charge on any atom is -0.371 e. The van der Waals surface area contributed by atoms with Crippen molar-refractivity contribution < 1.29 is 37.8 Å². The third-order valence-corrected chi connectivity index (χ3v) is 5.78. The van der Waals surface area contributed by atoms with E-state index in [0.29, 0.717) is 29.2 Å². The number of phosphoric ester groups is 2. The second-order valence-corrected chi connectivity index (χ2v) is 9.34. The van der Waals surface area contributed by atoms with Crippen molar-refractivity contribution in [1.82, 2.24) is 19.5 Å². The zero-order valence-electron chi connectivity index (χ0n) is 17.0. The molecule has 0 aliphatic heterocycles. The average Bonchev–Trinajstić information content (AvgIpc) is 3.01. The van der Waals surface area contributed by atoms with Crippen LogP contribution in [-0.2, 0) is 24.7 Å². The molecule has 0 aromatic carbocycles.